The highest BCUT2D eigenvalue weighted by Crippen LogP contribution is 2.33. The summed E-state index contributed by atoms with van der Waals surface area (Å²) in [6.07, 6.45) is -6.08. The molecule has 1 N–H and O–H groups in total. The van der Waals surface area contributed by atoms with E-state index >= 15 is 0 Å². The Balaban J connectivity index is 2.28. The number of hydrogen-bond acceptors (Lipinski definition) is 4. The molecule has 9 heteroatoms. The highest BCUT2D eigenvalue weighted by molar-refractivity contribution is 5.77. The van der Waals surface area contributed by atoms with Crippen molar-refractivity contribution in [3.05, 3.63) is 65.2 Å². The van der Waals surface area contributed by atoms with Gasteiger partial charge in [-0.1, -0.05) is 30.3 Å². The molecule has 0 fully saturated rings. The largest absolute Gasteiger partial charge is 0.474 e. The van der Waals surface area contributed by atoms with Crippen LogP contribution < -0.4 is 10.1 Å². The first-order valence-electron chi connectivity index (χ1n) is 8.61. The van der Waals surface area contributed by atoms with Crippen LogP contribution in [-0.4, -0.2) is 25.0 Å². The van der Waals surface area contributed by atoms with Crippen LogP contribution in [0.15, 0.2) is 48.5 Å². The number of esters is 1. The van der Waals surface area contributed by atoms with Crippen molar-refractivity contribution in [3.63, 3.8) is 0 Å². The molecule has 5 nitrogen and oxygen atoms in total. The molecule has 29 heavy (non-hydrogen) atoms. The third-order valence-corrected chi connectivity index (χ3v) is 3.83. The second kappa shape index (κ2) is 9.90. The number of carbonyl (C=O) groups excluding carboxylic acids is 2. The zero-order valence-electron chi connectivity index (χ0n) is 15.5. The summed E-state index contributed by atoms with van der Waals surface area (Å²) in [4.78, 5) is 23.4. The van der Waals surface area contributed by atoms with Crippen molar-refractivity contribution in [2.24, 2.45) is 0 Å². The lowest BCUT2D eigenvalue weighted by Crippen LogP contribution is -2.28. The zero-order valence-corrected chi connectivity index (χ0v) is 15.5. The van der Waals surface area contributed by atoms with Crippen molar-refractivity contribution in [2.75, 3.05) is 13.2 Å². The number of rotatable bonds is 8. The minimum Gasteiger partial charge on any atom is -0.474 e. The van der Waals surface area contributed by atoms with Gasteiger partial charge in [0, 0.05) is 12.5 Å². The molecule has 1 atom stereocenters. The third kappa shape index (κ3) is 6.48. The zero-order chi connectivity index (χ0) is 21.4. The van der Waals surface area contributed by atoms with Crippen molar-refractivity contribution in [1.82, 2.24) is 5.32 Å². The first kappa shape index (κ1) is 22.2. The molecule has 0 saturated heterocycles. The third-order valence-electron chi connectivity index (χ3n) is 3.83. The van der Waals surface area contributed by atoms with E-state index in [9.17, 15) is 27.2 Å². The summed E-state index contributed by atoms with van der Waals surface area (Å²) in [5.74, 6) is -1.47. The summed E-state index contributed by atoms with van der Waals surface area (Å²) < 4.78 is 62.7. The van der Waals surface area contributed by atoms with Gasteiger partial charge in [-0.15, -0.1) is 0 Å². The fraction of sp³-hybridized carbons (Fsp3) is 0.300. The predicted molar refractivity (Wildman–Crippen MR) is 95.7 cm³/mol. The number of nitrogens with one attached hydrogen (secondary N) is 1. The van der Waals surface area contributed by atoms with Crippen LogP contribution in [0.3, 0.4) is 0 Å². The number of alkyl halides is 4. The van der Waals surface area contributed by atoms with Crippen molar-refractivity contribution in [1.29, 1.82) is 0 Å². The lowest BCUT2D eigenvalue weighted by atomic mass is 10.0. The fourth-order valence-corrected chi connectivity index (χ4v) is 2.49. The average molecular weight is 413 g/mol. The second-order valence-electron chi connectivity index (χ2n) is 6.01. The van der Waals surface area contributed by atoms with Gasteiger partial charge < -0.3 is 14.8 Å². The Hall–Kier alpha value is -3.10. The molecular weight excluding hydrogens is 394 g/mol. The van der Waals surface area contributed by atoms with E-state index in [4.69, 9.17) is 9.47 Å². The summed E-state index contributed by atoms with van der Waals surface area (Å²) in [7, 11) is 0. The molecule has 2 rings (SSSR count). The normalized spacial score (nSPS) is 12.2. The summed E-state index contributed by atoms with van der Waals surface area (Å²) in [6, 6.07) is 9.97. The van der Waals surface area contributed by atoms with Crippen LogP contribution in [0.1, 0.15) is 29.7 Å². The number of hydrogen-bond donors (Lipinski definition) is 1. The van der Waals surface area contributed by atoms with Crippen LogP contribution in [0, 0.1) is 0 Å². The molecule has 0 aromatic heterocycles. The van der Waals surface area contributed by atoms with Gasteiger partial charge in [-0.2, -0.15) is 13.2 Å². The standard InChI is InChI=1S/C20H19F4NO4/c1-13(26)25-9-10-28-19(27)18(17-8-3-2-5-14(17)12-21)29-16-7-4-6-15(11-16)20(22,23)24/h2-8,11,18H,9-10,12H2,1H3,(H,25,26). The van der Waals surface area contributed by atoms with Gasteiger partial charge >= 0.3 is 12.1 Å². The van der Waals surface area contributed by atoms with Crippen LogP contribution in [0.25, 0.3) is 0 Å². The summed E-state index contributed by atoms with van der Waals surface area (Å²) in [5, 5.41) is 2.43. The maximum Gasteiger partial charge on any atom is 0.416 e. The lowest BCUT2D eigenvalue weighted by molar-refractivity contribution is -0.152. The second-order valence-corrected chi connectivity index (χ2v) is 6.01. The summed E-state index contributed by atoms with van der Waals surface area (Å²) in [5.41, 5.74) is -0.674. The van der Waals surface area contributed by atoms with Crippen molar-refractivity contribution >= 4 is 11.9 Å². The first-order valence-corrected chi connectivity index (χ1v) is 8.61. The molecule has 0 aliphatic heterocycles. The van der Waals surface area contributed by atoms with Gasteiger partial charge in [0.25, 0.3) is 0 Å². The van der Waals surface area contributed by atoms with Crippen LogP contribution in [0.2, 0.25) is 0 Å². The molecule has 0 radical (unpaired) electrons. The van der Waals surface area contributed by atoms with E-state index in [0.29, 0.717) is 0 Å². The van der Waals surface area contributed by atoms with E-state index in [1.54, 1.807) is 12.1 Å². The van der Waals surface area contributed by atoms with Gasteiger partial charge in [0.2, 0.25) is 12.0 Å². The Labute approximate surface area is 164 Å². The number of halogens is 4. The van der Waals surface area contributed by atoms with E-state index in [1.165, 1.54) is 25.1 Å². The van der Waals surface area contributed by atoms with Crippen LogP contribution in [0.5, 0.6) is 5.75 Å². The lowest BCUT2D eigenvalue weighted by Gasteiger charge is -2.21. The molecule has 0 aliphatic carbocycles. The van der Waals surface area contributed by atoms with Gasteiger partial charge in [-0.05, 0) is 23.8 Å². The summed E-state index contributed by atoms with van der Waals surface area (Å²) >= 11 is 0. The molecule has 0 bridgehead atoms. The topological polar surface area (TPSA) is 64.6 Å². The number of ether oxygens (including phenoxy) is 2. The number of carbonyl (C=O) groups is 2. The van der Waals surface area contributed by atoms with E-state index in [2.05, 4.69) is 5.32 Å². The summed E-state index contributed by atoms with van der Waals surface area (Å²) in [6.45, 7) is 0.247. The smallest absolute Gasteiger partial charge is 0.416 e. The van der Waals surface area contributed by atoms with E-state index in [-0.39, 0.29) is 35.9 Å². The minimum absolute atomic E-state index is 0.0438. The molecule has 0 aliphatic rings. The molecule has 0 saturated carbocycles. The van der Waals surface area contributed by atoms with Gasteiger partial charge in [-0.3, -0.25) is 4.79 Å². The predicted octanol–water partition coefficient (Wildman–Crippen LogP) is 3.97. The highest BCUT2D eigenvalue weighted by atomic mass is 19.4. The van der Waals surface area contributed by atoms with E-state index in [0.717, 1.165) is 18.2 Å². The average Bonchev–Trinajstić information content (AvgIpc) is 2.68. The molecule has 0 spiro atoms. The first-order chi connectivity index (χ1) is 13.7. The van der Waals surface area contributed by atoms with Gasteiger partial charge in [-0.25, -0.2) is 9.18 Å². The van der Waals surface area contributed by atoms with Crippen molar-refractivity contribution < 1.29 is 36.6 Å². The van der Waals surface area contributed by atoms with E-state index < -0.39 is 30.5 Å². The molecule has 1 unspecified atom stereocenters. The Kier molecular flexibility index (Phi) is 7.58. The molecule has 2 aromatic carbocycles. The van der Waals surface area contributed by atoms with Crippen LogP contribution in [-0.2, 0) is 27.2 Å². The molecule has 2 aromatic rings. The molecule has 1 amide bonds. The Bertz CT molecular complexity index is 854. The Morgan fingerprint density at radius 3 is 2.48 bits per heavy atom. The van der Waals surface area contributed by atoms with Gasteiger partial charge in [0.1, 0.15) is 19.0 Å². The molecule has 0 heterocycles. The van der Waals surface area contributed by atoms with Gasteiger partial charge in [0.05, 0.1) is 12.1 Å². The number of benzene rings is 2. The van der Waals surface area contributed by atoms with Crippen molar-refractivity contribution in [3.8, 4) is 5.75 Å². The van der Waals surface area contributed by atoms with Crippen LogP contribution >= 0.6 is 0 Å². The SMILES string of the molecule is CC(=O)NCCOC(=O)C(Oc1cccc(C(F)(F)F)c1)c1ccccc1CF. The maximum atomic E-state index is 13.4. The monoisotopic (exact) mass is 413 g/mol. The quantitative estimate of drug-likeness (QED) is 0.404. The molecular formula is C20H19F4NO4. The maximum absolute atomic E-state index is 13.4. The molecule has 156 valence electrons. The Morgan fingerprint density at radius 1 is 1.10 bits per heavy atom. The van der Waals surface area contributed by atoms with Crippen molar-refractivity contribution in [2.45, 2.75) is 25.9 Å². The number of amides is 1. The van der Waals surface area contributed by atoms with E-state index in [1.807, 2.05) is 0 Å². The fourth-order valence-electron chi connectivity index (χ4n) is 2.49. The minimum atomic E-state index is -4.59. The van der Waals surface area contributed by atoms with Crippen LogP contribution in [0.4, 0.5) is 17.6 Å². The van der Waals surface area contributed by atoms with Gasteiger partial charge in [0.15, 0.2) is 0 Å². The highest BCUT2D eigenvalue weighted by Gasteiger charge is 2.32. The Morgan fingerprint density at radius 2 is 1.83 bits per heavy atom.